The van der Waals surface area contributed by atoms with Crippen LogP contribution in [0, 0.1) is 0 Å². The van der Waals surface area contributed by atoms with Gasteiger partial charge in [0, 0.05) is 39.0 Å². The minimum absolute atomic E-state index is 0.563. The lowest BCUT2D eigenvalue weighted by atomic mass is 10.0. The third-order valence-electron chi connectivity index (χ3n) is 9.12. The topological polar surface area (TPSA) is 69.6 Å². The van der Waals surface area contributed by atoms with Crippen molar-refractivity contribution in [1.29, 1.82) is 0 Å². The van der Waals surface area contributed by atoms with Crippen LogP contribution < -0.4 is 0 Å². The average Bonchev–Trinajstić information content (AvgIpc) is 3.70. The average molecular weight is 616 g/mol. The molecule has 0 saturated carbocycles. The zero-order valence-electron chi connectivity index (χ0n) is 25.6. The summed E-state index contributed by atoms with van der Waals surface area (Å²) < 4.78 is 8.54. The maximum absolute atomic E-state index is 6.18. The highest BCUT2D eigenvalue weighted by Gasteiger charge is 2.20. The molecule has 0 aliphatic heterocycles. The molecule has 0 atom stereocenters. The van der Waals surface area contributed by atoms with Crippen molar-refractivity contribution in [3.8, 4) is 39.9 Å². The van der Waals surface area contributed by atoms with Crippen LogP contribution in [0.15, 0.2) is 156 Å². The van der Waals surface area contributed by atoms with Crippen molar-refractivity contribution in [2.24, 2.45) is 0 Å². The van der Waals surface area contributed by atoms with Gasteiger partial charge in [-0.3, -0.25) is 4.98 Å². The van der Waals surface area contributed by atoms with Crippen LogP contribution in [0.3, 0.4) is 0 Å². The number of fused-ring (bicyclic) bond motifs is 7. The first-order valence-corrected chi connectivity index (χ1v) is 15.9. The van der Waals surface area contributed by atoms with Gasteiger partial charge in [-0.1, -0.05) is 109 Å². The molecule has 0 N–H and O–H groups in total. The van der Waals surface area contributed by atoms with Crippen molar-refractivity contribution in [3.05, 3.63) is 152 Å². The Hall–Kier alpha value is -6.66. The molecule has 0 aliphatic rings. The van der Waals surface area contributed by atoms with E-state index in [9.17, 15) is 0 Å². The number of para-hydroxylation sites is 2. The van der Waals surface area contributed by atoms with Crippen LogP contribution in [0.5, 0.6) is 0 Å². The molecule has 0 bridgehead atoms. The van der Waals surface area contributed by atoms with Gasteiger partial charge in [0.1, 0.15) is 11.1 Å². The third-order valence-corrected chi connectivity index (χ3v) is 9.12. The maximum Gasteiger partial charge on any atom is 0.164 e. The van der Waals surface area contributed by atoms with E-state index in [4.69, 9.17) is 19.4 Å². The summed E-state index contributed by atoms with van der Waals surface area (Å²) in [4.78, 5) is 20.0. The second-order valence-electron chi connectivity index (χ2n) is 11.9. The van der Waals surface area contributed by atoms with Gasteiger partial charge < -0.3 is 8.98 Å². The summed E-state index contributed by atoms with van der Waals surface area (Å²) in [6, 6.07) is 49.9. The summed E-state index contributed by atoms with van der Waals surface area (Å²) in [6.07, 6.45) is 1.78. The van der Waals surface area contributed by atoms with Gasteiger partial charge in [-0.2, -0.15) is 0 Å². The van der Waals surface area contributed by atoms with Gasteiger partial charge >= 0.3 is 0 Å². The smallest absolute Gasteiger partial charge is 0.164 e. The maximum atomic E-state index is 6.18. The van der Waals surface area contributed by atoms with Gasteiger partial charge in [0.05, 0.1) is 22.1 Å². The number of hydrogen-bond acceptors (Lipinski definition) is 5. The normalized spacial score (nSPS) is 11.8. The molecule has 0 fully saturated rings. The van der Waals surface area contributed by atoms with Crippen LogP contribution in [0.4, 0.5) is 0 Å². The van der Waals surface area contributed by atoms with Crippen molar-refractivity contribution in [1.82, 2.24) is 24.5 Å². The molecule has 0 saturated heterocycles. The molecular weight excluding hydrogens is 590 g/mol. The first kappa shape index (κ1) is 26.5. The Balaban J connectivity index is 1.24. The Morgan fingerprint density at radius 2 is 1.04 bits per heavy atom. The highest BCUT2D eigenvalue weighted by atomic mass is 16.3. The van der Waals surface area contributed by atoms with Crippen LogP contribution in [-0.2, 0) is 0 Å². The first-order chi connectivity index (χ1) is 23.8. The molecule has 48 heavy (non-hydrogen) atoms. The largest absolute Gasteiger partial charge is 0.454 e. The standard InChI is InChI=1S/C42H25N5O/c1-2-12-26(13-3-1)40-44-41(46-42(45-40)32-19-10-23-36-38(32)39-37(48-36)24-11-25-43-39)31-18-8-17-28-27(31)16-9-22-35(28)47-33-20-6-4-14-29(33)30-15-5-7-21-34(30)47/h1-25H. The van der Waals surface area contributed by atoms with E-state index in [1.165, 1.54) is 21.8 Å². The lowest BCUT2D eigenvalue weighted by molar-refractivity contribution is 0.668. The summed E-state index contributed by atoms with van der Waals surface area (Å²) in [5, 5.41) is 5.51. The molecule has 10 rings (SSSR count). The highest BCUT2D eigenvalue weighted by molar-refractivity contribution is 6.12. The van der Waals surface area contributed by atoms with Crippen molar-refractivity contribution in [2.45, 2.75) is 0 Å². The van der Waals surface area contributed by atoms with E-state index in [2.05, 4.69) is 94.5 Å². The lowest BCUT2D eigenvalue weighted by Crippen LogP contribution is -2.01. The number of aromatic nitrogens is 5. The second-order valence-corrected chi connectivity index (χ2v) is 11.9. The van der Waals surface area contributed by atoms with Crippen molar-refractivity contribution >= 4 is 54.6 Å². The Morgan fingerprint density at radius 1 is 0.438 bits per heavy atom. The van der Waals surface area contributed by atoms with Gasteiger partial charge in [-0.25, -0.2) is 15.0 Å². The fraction of sp³-hybridized carbons (Fsp3) is 0. The Bertz CT molecular complexity index is 2800. The number of pyridine rings is 1. The van der Waals surface area contributed by atoms with Crippen LogP contribution in [-0.4, -0.2) is 24.5 Å². The van der Waals surface area contributed by atoms with E-state index in [0.717, 1.165) is 55.2 Å². The molecule has 10 aromatic rings. The monoisotopic (exact) mass is 615 g/mol. The summed E-state index contributed by atoms with van der Waals surface area (Å²) in [6.45, 7) is 0. The second kappa shape index (κ2) is 10.4. The van der Waals surface area contributed by atoms with Gasteiger partial charge in [-0.05, 0) is 41.8 Å². The minimum Gasteiger partial charge on any atom is -0.454 e. The van der Waals surface area contributed by atoms with E-state index >= 15 is 0 Å². The van der Waals surface area contributed by atoms with Gasteiger partial charge in [0.15, 0.2) is 23.1 Å². The summed E-state index contributed by atoms with van der Waals surface area (Å²) in [5.74, 6) is 1.76. The van der Waals surface area contributed by atoms with E-state index in [0.29, 0.717) is 17.5 Å². The van der Waals surface area contributed by atoms with Gasteiger partial charge in [-0.15, -0.1) is 0 Å². The van der Waals surface area contributed by atoms with Crippen molar-refractivity contribution in [2.75, 3.05) is 0 Å². The molecule has 224 valence electrons. The quantitative estimate of drug-likeness (QED) is 0.197. The number of benzene rings is 6. The van der Waals surface area contributed by atoms with E-state index in [-0.39, 0.29) is 0 Å². The molecule has 0 amide bonds. The van der Waals surface area contributed by atoms with Crippen LogP contribution >= 0.6 is 0 Å². The van der Waals surface area contributed by atoms with E-state index < -0.39 is 0 Å². The Kier molecular flexibility index (Phi) is 5.77. The van der Waals surface area contributed by atoms with E-state index in [1.807, 2.05) is 60.7 Å². The SMILES string of the molecule is c1ccc(-c2nc(-c3cccc4c(-n5c6ccccc6c6ccccc65)cccc34)nc(-c3cccc4oc5cccnc5c34)n2)cc1. The van der Waals surface area contributed by atoms with Crippen molar-refractivity contribution in [3.63, 3.8) is 0 Å². The summed E-state index contributed by atoms with van der Waals surface area (Å²) >= 11 is 0. The Labute approximate surface area is 274 Å². The molecule has 6 aromatic carbocycles. The van der Waals surface area contributed by atoms with Gasteiger partial charge in [0.2, 0.25) is 0 Å². The highest BCUT2D eigenvalue weighted by Crippen LogP contribution is 2.39. The predicted octanol–water partition coefficient (Wildman–Crippen LogP) is 10.4. The fourth-order valence-corrected chi connectivity index (χ4v) is 7.02. The molecule has 6 heteroatoms. The van der Waals surface area contributed by atoms with Crippen LogP contribution in [0.1, 0.15) is 0 Å². The number of rotatable bonds is 4. The first-order valence-electron chi connectivity index (χ1n) is 15.9. The predicted molar refractivity (Wildman–Crippen MR) is 193 cm³/mol. The molecular formula is C42H25N5O. The van der Waals surface area contributed by atoms with Gasteiger partial charge in [0.25, 0.3) is 0 Å². The fourth-order valence-electron chi connectivity index (χ4n) is 7.02. The lowest BCUT2D eigenvalue weighted by Gasteiger charge is -2.14. The Morgan fingerprint density at radius 3 is 1.85 bits per heavy atom. The summed E-state index contributed by atoms with van der Waals surface area (Å²) in [5.41, 5.74) is 8.37. The molecule has 0 aliphatic carbocycles. The van der Waals surface area contributed by atoms with Crippen LogP contribution in [0.2, 0.25) is 0 Å². The molecule has 4 aromatic heterocycles. The zero-order valence-corrected chi connectivity index (χ0v) is 25.6. The van der Waals surface area contributed by atoms with E-state index in [1.54, 1.807) is 6.20 Å². The zero-order chi connectivity index (χ0) is 31.6. The van der Waals surface area contributed by atoms with Crippen molar-refractivity contribution < 1.29 is 4.42 Å². The molecule has 0 radical (unpaired) electrons. The molecule has 6 nitrogen and oxygen atoms in total. The minimum atomic E-state index is 0.563. The number of nitrogens with zero attached hydrogens (tertiary/aromatic N) is 5. The number of furan rings is 1. The third kappa shape index (κ3) is 3.99. The number of hydrogen-bond donors (Lipinski definition) is 0. The molecule has 4 heterocycles. The molecule has 0 spiro atoms. The molecule has 0 unspecified atom stereocenters. The summed E-state index contributed by atoms with van der Waals surface area (Å²) in [7, 11) is 0. The van der Waals surface area contributed by atoms with Crippen LogP contribution in [0.25, 0.3) is 94.5 Å².